The van der Waals surface area contributed by atoms with Crippen molar-refractivity contribution in [3.8, 4) is 0 Å². The van der Waals surface area contributed by atoms with Crippen molar-refractivity contribution in [1.82, 2.24) is 14.9 Å². The van der Waals surface area contributed by atoms with E-state index in [-0.39, 0.29) is 17.7 Å². The molecule has 3 amide bonds. The van der Waals surface area contributed by atoms with Gasteiger partial charge in [-0.3, -0.25) is 24.3 Å². The summed E-state index contributed by atoms with van der Waals surface area (Å²) in [5, 5.41) is 0. The number of nitrogen functional groups attached to an aromatic ring is 1. The lowest BCUT2D eigenvalue weighted by molar-refractivity contribution is -0.171. The summed E-state index contributed by atoms with van der Waals surface area (Å²) in [5.41, 5.74) is 7.34. The quantitative estimate of drug-likeness (QED) is 0.567. The number of nitrogens with zero attached hydrogens (tertiary/aromatic N) is 4. The van der Waals surface area contributed by atoms with Gasteiger partial charge in [0.05, 0.1) is 5.92 Å². The zero-order chi connectivity index (χ0) is 25.2. The summed E-state index contributed by atoms with van der Waals surface area (Å²) < 4.78 is 0. The Kier molecular flexibility index (Phi) is 7.03. The lowest BCUT2D eigenvalue weighted by atomic mass is 9.75. The molecule has 1 aliphatic heterocycles. The third kappa shape index (κ3) is 4.99. The summed E-state index contributed by atoms with van der Waals surface area (Å²) in [6.07, 6.45) is 13.9. The van der Waals surface area contributed by atoms with Gasteiger partial charge in [0.2, 0.25) is 11.8 Å². The van der Waals surface area contributed by atoms with Crippen LogP contribution in [-0.2, 0) is 20.8 Å². The number of rotatable bonds is 8. The number of β-lactam (4-membered cyclic amide) rings is 1. The highest BCUT2D eigenvalue weighted by Crippen LogP contribution is 2.47. The minimum absolute atomic E-state index is 0.200. The molecule has 2 aromatic rings. The first-order chi connectivity index (χ1) is 17.4. The van der Waals surface area contributed by atoms with Crippen molar-refractivity contribution in [2.75, 3.05) is 17.7 Å². The molecule has 0 bridgehead atoms. The van der Waals surface area contributed by atoms with E-state index in [1.807, 2.05) is 0 Å². The highest BCUT2D eigenvalue weighted by Gasteiger charge is 2.55. The van der Waals surface area contributed by atoms with Crippen LogP contribution in [0.4, 0.5) is 11.5 Å². The normalized spacial score (nSPS) is 23.1. The van der Waals surface area contributed by atoms with Crippen molar-refractivity contribution in [3.63, 3.8) is 0 Å². The van der Waals surface area contributed by atoms with Crippen molar-refractivity contribution in [2.45, 2.75) is 63.8 Å². The van der Waals surface area contributed by atoms with Crippen LogP contribution in [0.5, 0.6) is 0 Å². The molecule has 3 atom stereocenters. The molecule has 2 aliphatic carbocycles. The lowest BCUT2D eigenvalue weighted by Gasteiger charge is -2.46. The van der Waals surface area contributed by atoms with Gasteiger partial charge in [-0.05, 0) is 66.8 Å². The Balaban J connectivity index is 1.37. The summed E-state index contributed by atoms with van der Waals surface area (Å²) in [6, 6.07) is 6.18. The van der Waals surface area contributed by atoms with Crippen LogP contribution in [0, 0.1) is 23.7 Å². The van der Waals surface area contributed by atoms with Crippen LogP contribution >= 0.6 is 0 Å². The second-order valence-electron chi connectivity index (χ2n) is 10.7. The zero-order valence-electron chi connectivity index (χ0n) is 20.9. The topological polar surface area (TPSA) is 109 Å². The summed E-state index contributed by atoms with van der Waals surface area (Å²) in [4.78, 5) is 51.6. The predicted molar refractivity (Wildman–Crippen MR) is 137 cm³/mol. The van der Waals surface area contributed by atoms with Gasteiger partial charge in [0.1, 0.15) is 11.9 Å². The fourth-order valence-electron chi connectivity index (χ4n) is 6.18. The van der Waals surface area contributed by atoms with Crippen LogP contribution < -0.4 is 10.6 Å². The van der Waals surface area contributed by atoms with E-state index in [9.17, 15) is 14.4 Å². The van der Waals surface area contributed by atoms with Crippen molar-refractivity contribution >= 4 is 29.2 Å². The first-order valence-electron chi connectivity index (χ1n) is 13.2. The molecular weight excluding hydrogens is 454 g/mol. The molecule has 2 saturated carbocycles. The molecule has 5 rings (SSSR count). The van der Waals surface area contributed by atoms with Crippen molar-refractivity contribution < 1.29 is 14.4 Å². The number of amides is 3. The number of imide groups is 1. The molecule has 36 heavy (non-hydrogen) atoms. The van der Waals surface area contributed by atoms with Crippen LogP contribution in [-0.4, -0.2) is 45.7 Å². The molecule has 0 unspecified atom stereocenters. The summed E-state index contributed by atoms with van der Waals surface area (Å²) in [6.45, 7) is 0. The van der Waals surface area contributed by atoms with E-state index in [2.05, 4.69) is 9.97 Å². The van der Waals surface area contributed by atoms with E-state index in [4.69, 9.17) is 5.73 Å². The Labute approximate surface area is 212 Å². The van der Waals surface area contributed by atoms with Crippen molar-refractivity contribution in [1.29, 1.82) is 0 Å². The maximum Gasteiger partial charge on any atom is 0.250 e. The molecule has 190 valence electrons. The maximum atomic E-state index is 13.7. The van der Waals surface area contributed by atoms with Gasteiger partial charge >= 0.3 is 0 Å². The second-order valence-corrected chi connectivity index (χ2v) is 10.7. The van der Waals surface area contributed by atoms with Crippen molar-refractivity contribution in [2.24, 2.45) is 23.7 Å². The van der Waals surface area contributed by atoms with Gasteiger partial charge in [0.15, 0.2) is 0 Å². The van der Waals surface area contributed by atoms with Crippen LogP contribution in [0.25, 0.3) is 0 Å². The maximum absolute atomic E-state index is 13.7. The van der Waals surface area contributed by atoms with E-state index in [1.165, 1.54) is 54.7 Å². The SMILES string of the molecule is CN(C(=O)[C@@H]1[C@@H](Cc2ccnc(N)c2)C(=O)N1C(=O)C[C@@H](C1CCCCC1)C1CC1)c1ccncc1. The Bertz CT molecular complexity index is 1110. The second kappa shape index (κ2) is 10.4. The number of hydrogen-bond acceptors (Lipinski definition) is 6. The summed E-state index contributed by atoms with van der Waals surface area (Å²) in [7, 11) is 1.68. The Morgan fingerprint density at radius 3 is 2.42 bits per heavy atom. The van der Waals surface area contributed by atoms with Crippen LogP contribution in [0.1, 0.15) is 56.9 Å². The lowest BCUT2D eigenvalue weighted by Crippen LogP contribution is -2.69. The van der Waals surface area contributed by atoms with Gasteiger partial charge in [-0.2, -0.15) is 0 Å². The highest BCUT2D eigenvalue weighted by atomic mass is 16.2. The Morgan fingerprint density at radius 1 is 1.06 bits per heavy atom. The first kappa shape index (κ1) is 24.4. The molecule has 0 radical (unpaired) electrons. The number of pyridine rings is 2. The largest absolute Gasteiger partial charge is 0.384 e. The highest BCUT2D eigenvalue weighted by molar-refractivity contribution is 6.12. The fourth-order valence-corrected chi connectivity index (χ4v) is 6.18. The number of likely N-dealkylation sites (tertiary alicyclic amines) is 1. The smallest absolute Gasteiger partial charge is 0.250 e. The van der Waals surface area contributed by atoms with E-state index < -0.39 is 12.0 Å². The van der Waals surface area contributed by atoms with Gasteiger partial charge in [0, 0.05) is 37.7 Å². The average Bonchev–Trinajstić information content (AvgIpc) is 3.74. The third-order valence-electron chi connectivity index (χ3n) is 8.31. The number of carbonyl (C=O) groups is 3. The summed E-state index contributed by atoms with van der Waals surface area (Å²) in [5.74, 6) is 0.475. The molecule has 8 heteroatoms. The zero-order valence-corrected chi connectivity index (χ0v) is 20.9. The number of likely N-dealkylation sites (N-methyl/N-ethyl adjacent to an activating group) is 1. The van der Waals surface area contributed by atoms with Gasteiger partial charge in [-0.15, -0.1) is 0 Å². The first-order valence-corrected chi connectivity index (χ1v) is 13.2. The van der Waals surface area contributed by atoms with Crippen molar-refractivity contribution in [3.05, 3.63) is 48.4 Å². The molecule has 2 aromatic heterocycles. The number of carbonyl (C=O) groups excluding carboxylic acids is 3. The van der Waals surface area contributed by atoms with E-state index in [1.54, 1.807) is 49.9 Å². The minimum Gasteiger partial charge on any atom is -0.384 e. The van der Waals surface area contributed by atoms with Crippen LogP contribution in [0.15, 0.2) is 42.9 Å². The molecule has 2 N–H and O–H groups in total. The van der Waals surface area contributed by atoms with E-state index >= 15 is 0 Å². The number of hydrogen-bond donors (Lipinski definition) is 1. The molecule has 3 heterocycles. The van der Waals surface area contributed by atoms with Gasteiger partial charge in [-0.25, -0.2) is 4.98 Å². The number of aromatic nitrogens is 2. The molecular formula is C28H35N5O3. The molecule has 1 saturated heterocycles. The van der Waals surface area contributed by atoms with E-state index in [0.717, 1.165) is 5.56 Å². The van der Waals surface area contributed by atoms with Crippen LogP contribution in [0.3, 0.4) is 0 Å². The molecule has 3 aliphatic rings. The Hall–Kier alpha value is -3.29. The fraction of sp³-hybridized carbons (Fsp3) is 0.536. The molecule has 0 spiro atoms. The van der Waals surface area contributed by atoms with Gasteiger partial charge in [-0.1, -0.05) is 32.1 Å². The Morgan fingerprint density at radius 2 is 1.75 bits per heavy atom. The molecule has 0 aromatic carbocycles. The predicted octanol–water partition coefficient (Wildman–Crippen LogP) is 3.61. The van der Waals surface area contributed by atoms with E-state index in [0.29, 0.717) is 42.1 Å². The monoisotopic (exact) mass is 489 g/mol. The van der Waals surface area contributed by atoms with Gasteiger partial charge < -0.3 is 10.6 Å². The third-order valence-corrected chi connectivity index (χ3v) is 8.31. The minimum atomic E-state index is -0.830. The standard InChI is InChI=1S/C28H35N5O3/c1-32(21-10-12-30-13-11-21)28(36)26-23(15-18-9-14-31-24(29)16-18)27(35)33(26)25(34)17-22(20-7-8-20)19-5-3-2-4-6-19/h9-14,16,19-20,22-23,26H,2-8,15,17H2,1H3,(H2,29,31)/t22-,23+,26-/m0/s1. The van der Waals surface area contributed by atoms with Crippen LogP contribution in [0.2, 0.25) is 0 Å². The number of anilines is 2. The molecule has 8 nitrogen and oxygen atoms in total. The number of nitrogens with two attached hydrogens (primary N) is 1. The molecule has 3 fully saturated rings. The summed E-state index contributed by atoms with van der Waals surface area (Å²) >= 11 is 0. The van der Waals surface area contributed by atoms with Gasteiger partial charge in [0.25, 0.3) is 5.91 Å². The average molecular weight is 490 g/mol.